The summed E-state index contributed by atoms with van der Waals surface area (Å²) >= 11 is 3.65. The van der Waals surface area contributed by atoms with E-state index in [0.29, 0.717) is 0 Å². The van der Waals surface area contributed by atoms with Gasteiger partial charge in [-0.25, -0.2) is 0 Å². The van der Waals surface area contributed by atoms with E-state index in [1.54, 1.807) is 18.9 Å². The standard InChI is InChI=1S/C7H15NOS2/c1-4-11-6-7(5-10-3)8-9-2/h4-6H2,1-3H3/b8-7+. The van der Waals surface area contributed by atoms with E-state index in [1.807, 2.05) is 11.8 Å². The molecule has 0 amide bonds. The normalized spacial score (nSPS) is 11.7. The molecule has 0 aromatic carbocycles. The molecule has 0 spiro atoms. The second-order valence-corrected chi connectivity index (χ2v) is 4.05. The Hall–Kier alpha value is 0.170. The van der Waals surface area contributed by atoms with Gasteiger partial charge < -0.3 is 4.84 Å². The molecule has 0 saturated heterocycles. The van der Waals surface area contributed by atoms with Crippen LogP contribution in [0.4, 0.5) is 0 Å². The van der Waals surface area contributed by atoms with Crippen molar-refractivity contribution in [2.75, 3.05) is 30.6 Å². The topological polar surface area (TPSA) is 21.6 Å². The third-order valence-corrected chi connectivity index (χ3v) is 2.57. The van der Waals surface area contributed by atoms with Crippen LogP contribution in [-0.4, -0.2) is 36.3 Å². The quantitative estimate of drug-likeness (QED) is 0.476. The molecule has 0 aliphatic rings. The zero-order chi connectivity index (χ0) is 8.53. The van der Waals surface area contributed by atoms with Gasteiger partial charge in [0, 0.05) is 11.5 Å². The van der Waals surface area contributed by atoms with Crippen LogP contribution in [0.1, 0.15) is 6.92 Å². The highest BCUT2D eigenvalue weighted by molar-refractivity contribution is 8.01. The summed E-state index contributed by atoms with van der Waals surface area (Å²) in [6.07, 6.45) is 2.07. The molecule has 2 nitrogen and oxygen atoms in total. The van der Waals surface area contributed by atoms with Crippen molar-refractivity contribution in [3.05, 3.63) is 0 Å². The minimum atomic E-state index is 0.973. The van der Waals surface area contributed by atoms with Crippen molar-refractivity contribution in [2.45, 2.75) is 6.92 Å². The summed E-state index contributed by atoms with van der Waals surface area (Å²) in [5, 5.41) is 3.93. The SMILES string of the molecule is CCSC/C(CSC)=N/OC. The van der Waals surface area contributed by atoms with Crippen molar-refractivity contribution in [2.24, 2.45) is 5.16 Å². The van der Waals surface area contributed by atoms with Crippen LogP contribution in [0.25, 0.3) is 0 Å². The maximum absolute atomic E-state index is 4.71. The predicted octanol–water partition coefficient (Wildman–Crippen LogP) is 2.10. The fourth-order valence-corrected chi connectivity index (χ4v) is 1.82. The van der Waals surface area contributed by atoms with Crippen LogP contribution in [0.5, 0.6) is 0 Å². The highest BCUT2D eigenvalue weighted by atomic mass is 32.2. The number of thioether (sulfide) groups is 2. The molecule has 4 heteroatoms. The molecule has 0 heterocycles. The van der Waals surface area contributed by atoms with Crippen LogP contribution in [0, 0.1) is 0 Å². The van der Waals surface area contributed by atoms with Crippen LogP contribution in [0.2, 0.25) is 0 Å². The summed E-state index contributed by atoms with van der Waals surface area (Å²) in [6.45, 7) is 2.15. The molecule has 0 bridgehead atoms. The van der Waals surface area contributed by atoms with Gasteiger partial charge in [0.15, 0.2) is 0 Å². The summed E-state index contributed by atoms with van der Waals surface area (Å²) in [5.74, 6) is 3.10. The Bertz CT molecular complexity index is 117. The summed E-state index contributed by atoms with van der Waals surface area (Å²) in [4.78, 5) is 4.71. The maximum Gasteiger partial charge on any atom is 0.106 e. The molecule has 0 radical (unpaired) electrons. The van der Waals surface area contributed by atoms with Crippen molar-refractivity contribution >= 4 is 29.2 Å². The number of hydrogen-bond donors (Lipinski definition) is 0. The van der Waals surface area contributed by atoms with Crippen molar-refractivity contribution in [3.8, 4) is 0 Å². The Kier molecular flexibility index (Phi) is 8.40. The molecule has 0 saturated carbocycles. The molecule has 0 aromatic rings. The zero-order valence-electron chi connectivity index (χ0n) is 7.29. The van der Waals surface area contributed by atoms with Gasteiger partial charge >= 0.3 is 0 Å². The number of hydrogen-bond acceptors (Lipinski definition) is 4. The fourth-order valence-electron chi connectivity index (χ4n) is 0.610. The molecule has 66 valence electrons. The fraction of sp³-hybridized carbons (Fsp3) is 0.857. The van der Waals surface area contributed by atoms with E-state index in [2.05, 4.69) is 18.3 Å². The molecule has 0 aliphatic heterocycles. The predicted molar refractivity (Wildman–Crippen MR) is 55.8 cm³/mol. The van der Waals surface area contributed by atoms with E-state index in [0.717, 1.165) is 23.0 Å². The van der Waals surface area contributed by atoms with Crippen LogP contribution in [0.15, 0.2) is 5.16 Å². The lowest BCUT2D eigenvalue weighted by Gasteiger charge is -2.01. The molecule has 0 unspecified atom stereocenters. The average Bonchev–Trinajstić information content (AvgIpc) is 2.01. The summed E-state index contributed by atoms with van der Waals surface area (Å²) < 4.78 is 0. The van der Waals surface area contributed by atoms with Gasteiger partial charge in [0.2, 0.25) is 0 Å². The molecule has 0 aliphatic carbocycles. The van der Waals surface area contributed by atoms with Gasteiger partial charge in [0.05, 0.1) is 5.71 Å². The minimum Gasteiger partial charge on any atom is -0.399 e. The van der Waals surface area contributed by atoms with Gasteiger partial charge in [0.25, 0.3) is 0 Å². The highest BCUT2D eigenvalue weighted by Crippen LogP contribution is 2.03. The van der Waals surface area contributed by atoms with Gasteiger partial charge in [-0.2, -0.15) is 23.5 Å². The first-order valence-corrected chi connectivity index (χ1v) is 6.05. The van der Waals surface area contributed by atoms with Gasteiger partial charge in [-0.3, -0.25) is 0 Å². The first kappa shape index (κ1) is 11.2. The third kappa shape index (κ3) is 6.56. The van der Waals surface area contributed by atoms with Crippen LogP contribution >= 0.6 is 23.5 Å². The Labute approximate surface area is 77.1 Å². The summed E-state index contributed by atoms with van der Waals surface area (Å²) in [5.41, 5.74) is 1.13. The Morgan fingerprint density at radius 2 is 2.18 bits per heavy atom. The van der Waals surface area contributed by atoms with E-state index >= 15 is 0 Å². The largest absolute Gasteiger partial charge is 0.399 e. The van der Waals surface area contributed by atoms with Gasteiger partial charge in [0.1, 0.15) is 7.11 Å². The molecule has 11 heavy (non-hydrogen) atoms. The number of oxime groups is 1. The average molecular weight is 193 g/mol. The summed E-state index contributed by atoms with van der Waals surface area (Å²) in [7, 11) is 1.59. The lowest BCUT2D eigenvalue weighted by molar-refractivity contribution is 0.213. The molecule has 0 aromatic heterocycles. The van der Waals surface area contributed by atoms with Gasteiger partial charge in [-0.1, -0.05) is 12.1 Å². The third-order valence-electron chi connectivity index (χ3n) is 1.00. The van der Waals surface area contributed by atoms with Crippen molar-refractivity contribution in [1.29, 1.82) is 0 Å². The van der Waals surface area contributed by atoms with Crippen LogP contribution in [-0.2, 0) is 4.84 Å². The molecule has 0 fully saturated rings. The maximum atomic E-state index is 4.71. The van der Waals surface area contributed by atoms with Crippen LogP contribution in [0.3, 0.4) is 0 Å². The lowest BCUT2D eigenvalue weighted by atomic mass is 10.5. The van der Waals surface area contributed by atoms with E-state index in [9.17, 15) is 0 Å². The second-order valence-electron chi connectivity index (χ2n) is 1.91. The minimum absolute atomic E-state index is 0.973. The zero-order valence-corrected chi connectivity index (χ0v) is 8.93. The number of nitrogens with zero attached hydrogens (tertiary/aromatic N) is 1. The smallest absolute Gasteiger partial charge is 0.106 e. The Morgan fingerprint density at radius 3 is 2.64 bits per heavy atom. The molecule has 0 N–H and O–H groups in total. The van der Waals surface area contributed by atoms with Gasteiger partial charge in [-0.05, 0) is 12.0 Å². The molecular weight excluding hydrogens is 178 g/mol. The van der Waals surface area contributed by atoms with Crippen molar-refractivity contribution in [1.82, 2.24) is 0 Å². The van der Waals surface area contributed by atoms with Gasteiger partial charge in [-0.15, -0.1) is 0 Å². The van der Waals surface area contributed by atoms with E-state index in [1.165, 1.54) is 0 Å². The second kappa shape index (κ2) is 8.27. The number of rotatable bonds is 6. The lowest BCUT2D eigenvalue weighted by Crippen LogP contribution is -2.06. The Morgan fingerprint density at radius 1 is 1.45 bits per heavy atom. The van der Waals surface area contributed by atoms with Crippen LogP contribution < -0.4 is 0 Å². The highest BCUT2D eigenvalue weighted by Gasteiger charge is 1.97. The summed E-state index contributed by atoms with van der Waals surface area (Å²) in [6, 6.07) is 0. The van der Waals surface area contributed by atoms with E-state index in [4.69, 9.17) is 4.84 Å². The molecular formula is C7H15NOS2. The monoisotopic (exact) mass is 193 g/mol. The Balaban J connectivity index is 3.60. The molecule has 0 atom stereocenters. The van der Waals surface area contributed by atoms with Crippen molar-refractivity contribution in [3.63, 3.8) is 0 Å². The van der Waals surface area contributed by atoms with Crippen molar-refractivity contribution < 1.29 is 4.84 Å². The first-order chi connectivity index (χ1) is 5.35. The first-order valence-electron chi connectivity index (χ1n) is 3.50. The van der Waals surface area contributed by atoms with E-state index in [-0.39, 0.29) is 0 Å². The molecule has 0 rings (SSSR count). The van der Waals surface area contributed by atoms with E-state index < -0.39 is 0 Å².